The average Bonchev–Trinajstić information content (AvgIpc) is 2.23. The van der Waals surface area contributed by atoms with Gasteiger partial charge in [0.15, 0.2) is 0 Å². The number of carbonyl (C=O) groups is 1. The van der Waals surface area contributed by atoms with Crippen LogP contribution < -0.4 is 4.74 Å². The molecule has 5 heteroatoms. The van der Waals surface area contributed by atoms with E-state index in [4.69, 9.17) is 0 Å². The molecule has 1 aromatic carbocycles. The molecule has 0 atom stereocenters. The molecule has 0 aliphatic heterocycles. The van der Waals surface area contributed by atoms with Crippen molar-refractivity contribution >= 4 is 5.97 Å². The Hall–Kier alpha value is -1.65. The van der Waals surface area contributed by atoms with Crippen LogP contribution in [-0.2, 0) is 9.53 Å². The van der Waals surface area contributed by atoms with Crippen molar-refractivity contribution in [3.8, 4) is 5.75 Å². The van der Waals surface area contributed by atoms with Crippen LogP contribution >= 0.6 is 0 Å². The minimum Gasteiger partial charge on any atom is -0.459 e. The van der Waals surface area contributed by atoms with Crippen LogP contribution in [0, 0.1) is 13.8 Å². The number of hydrogen-bond acceptors (Lipinski definition) is 3. The second-order valence-electron chi connectivity index (χ2n) is 3.61. The van der Waals surface area contributed by atoms with Gasteiger partial charge in [-0.15, -0.1) is 0 Å². The number of halogens is 2. The molecule has 17 heavy (non-hydrogen) atoms. The first kappa shape index (κ1) is 13.4. The second-order valence-corrected chi connectivity index (χ2v) is 3.61. The monoisotopic (exact) mass is 244 g/mol. The zero-order valence-corrected chi connectivity index (χ0v) is 9.92. The SMILES string of the molecule is CCOC(=O)C(F)(F)Oc1cc(C)ccc1C. The van der Waals surface area contributed by atoms with Gasteiger partial charge < -0.3 is 9.47 Å². The first-order valence-electron chi connectivity index (χ1n) is 5.18. The molecule has 0 saturated carbocycles. The topological polar surface area (TPSA) is 35.5 Å². The number of esters is 1. The summed E-state index contributed by atoms with van der Waals surface area (Å²) < 4.78 is 35.3. The average molecular weight is 244 g/mol. The molecule has 0 aromatic heterocycles. The van der Waals surface area contributed by atoms with Gasteiger partial charge in [0, 0.05) is 0 Å². The zero-order chi connectivity index (χ0) is 13.1. The number of alkyl halides is 2. The minimum atomic E-state index is -3.96. The summed E-state index contributed by atoms with van der Waals surface area (Å²) in [5.74, 6) is -1.70. The molecule has 0 bridgehead atoms. The van der Waals surface area contributed by atoms with Crippen molar-refractivity contribution in [1.82, 2.24) is 0 Å². The summed E-state index contributed by atoms with van der Waals surface area (Å²) in [5, 5.41) is 0. The molecule has 0 radical (unpaired) electrons. The number of benzene rings is 1. The molecular weight excluding hydrogens is 230 g/mol. The lowest BCUT2D eigenvalue weighted by Crippen LogP contribution is -2.37. The highest BCUT2D eigenvalue weighted by Gasteiger charge is 2.44. The fraction of sp³-hybridized carbons (Fsp3) is 0.417. The maximum absolute atomic E-state index is 13.3. The summed E-state index contributed by atoms with van der Waals surface area (Å²) in [6.07, 6.45) is -3.96. The highest BCUT2D eigenvalue weighted by atomic mass is 19.3. The Bertz CT molecular complexity index is 416. The van der Waals surface area contributed by atoms with Gasteiger partial charge in [0.05, 0.1) is 6.61 Å². The Morgan fingerprint density at radius 1 is 1.35 bits per heavy atom. The fourth-order valence-electron chi connectivity index (χ4n) is 1.21. The van der Waals surface area contributed by atoms with E-state index in [0.717, 1.165) is 5.56 Å². The van der Waals surface area contributed by atoms with Crippen molar-refractivity contribution in [1.29, 1.82) is 0 Å². The van der Waals surface area contributed by atoms with E-state index in [1.807, 2.05) is 0 Å². The highest BCUT2D eigenvalue weighted by Crippen LogP contribution is 2.26. The highest BCUT2D eigenvalue weighted by molar-refractivity contribution is 5.76. The molecule has 0 heterocycles. The zero-order valence-electron chi connectivity index (χ0n) is 9.92. The summed E-state index contributed by atoms with van der Waals surface area (Å²) in [7, 11) is 0. The molecule has 3 nitrogen and oxygen atoms in total. The van der Waals surface area contributed by atoms with E-state index in [1.165, 1.54) is 13.0 Å². The molecular formula is C12H14F2O3. The minimum absolute atomic E-state index is 0.0250. The number of ether oxygens (including phenoxy) is 2. The summed E-state index contributed by atoms with van der Waals surface area (Å²) in [4.78, 5) is 11.0. The summed E-state index contributed by atoms with van der Waals surface area (Å²) in [5.41, 5.74) is 1.30. The van der Waals surface area contributed by atoms with E-state index >= 15 is 0 Å². The van der Waals surface area contributed by atoms with Gasteiger partial charge in [-0.1, -0.05) is 12.1 Å². The van der Waals surface area contributed by atoms with E-state index < -0.39 is 12.1 Å². The smallest absolute Gasteiger partial charge is 0.459 e. The molecule has 0 spiro atoms. The standard InChI is InChI=1S/C12H14F2O3/c1-4-16-11(15)12(13,14)17-10-7-8(2)5-6-9(10)3/h5-7H,4H2,1-3H3. The van der Waals surface area contributed by atoms with E-state index in [-0.39, 0.29) is 12.4 Å². The lowest BCUT2D eigenvalue weighted by Gasteiger charge is -2.17. The molecule has 0 unspecified atom stereocenters. The summed E-state index contributed by atoms with van der Waals surface area (Å²) in [6, 6.07) is 4.86. The Kier molecular flexibility index (Phi) is 4.04. The number of hydrogen-bond donors (Lipinski definition) is 0. The number of carbonyl (C=O) groups excluding carboxylic acids is 1. The third-order valence-electron chi connectivity index (χ3n) is 2.09. The first-order chi connectivity index (χ1) is 7.86. The Morgan fingerprint density at radius 3 is 2.59 bits per heavy atom. The normalized spacial score (nSPS) is 11.1. The van der Waals surface area contributed by atoms with Gasteiger partial charge in [-0.05, 0) is 38.0 Å². The first-order valence-corrected chi connectivity index (χ1v) is 5.18. The van der Waals surface area contributed by atoms with Crippen LogP contribution in [0.1, 0.15) is 18.1 Å². The van der Waals surface area contributed by atoms with Crippen molar-refractivity contribution in [2.75, 3.05) is 6.61 Å². The largest absolute Gasteiger partial charge is 0.502 e. The molecule has 0 saturated heterocycles. The van der Waals surface area contributed by atoms with Crippen LogP contribution in [-0.4, -0.2) is 18.7 Å². The van der Waals surface area contributed by atoms with E-state index in [1.54, 1.807) is 26.0 Å². The van der Waals surface area contributed by atoms with Gasteiger partial charge in [-0.2, -0.15) is 8.78 Å². The van der Waals surface area contributed by atoms with Crippen LogP contribution in [0.2, 0.25) is 0 Å². The molecule has 0 amide bonds. The van der Waals surface area contributed by atoms with Gasteiger partial charge in [-0.25, -0.2) is 4.79 Å². The van der Waals surface area contributed by atoms with E-state index in [2.05, 4.69) is 9.47 Å². The van der Waals surface area contributed by atoms with Gasteiger partial charge in [0.2, 0.25) is 0 Å². The van der Waals surface area contributed by atoms with Crippen LogP contribution in [0.3, 0.4) is 0 Å². The van der Waals surface area contributed by atoms with Crippen molar-refractivity contribution in [2.24, 2.45) is 0 Å². The molecule has 0 aliphatic carbocycles. The van der Waals surface area contributed by atoms with Crippen molar-refractivity contribution in [3.63, 3.8) is 0 Å². The quantitative estimate of drug-likeness (QED) is 0.764. The van der Waals surface area contributed by atoms with Gasteiger partial charge in [0.25, 0.3) is 0 Å². The lowest BCUT2D eigenvalue weighted by atomic mass is 10.1. The second kappa shape index (κ2) is 5.12. The maximum atomic E-state index is 13.3. The Balaban J connectivity index is 2.89. The predicted octanol–water partition coefficient (Wildman–Crippen LogP) is 2.84. The van der Waals surface area contributed by atoms with Crippen LogP contribution in [0.15, 0.2) is 18.2 Å². The van der Waals surface area contributed by atoms with E-state index in [0.29, 0.717) is 5.56 Å². The predicted molar refractivity (Wildman–Crippen MR) is 58.1 cm³/mol. The van der Waals surface area contributed by atoms with Gasteiger partial charge in [-0.3, -0.25) is 0 Å². The molecule has 94 valence electrons. The van der Waals surface area contributed by atoms with E-state index in [9.17, 15) is 13.6 Å². The van der Waals surface area contributed by atoms with Crippen molar-refractivity contribution < 1.29 is 23.0 Å². The molecule has 1 aromatic rings. The third kappa shape index (κ3) is 3.41. The van der Waals surface area contributed by atoms with Crippen LogP contribution in [0.25, 0.3) is 0 Å². The maximum Gasteiger partial charge on any atom is 0.502 e. The number of aryl methyl sites for hydroxylation is 2. The van der Waals surface area contributed by atoms with Crippen molar-refractivity contribution in [2.45, 2.75) is 26.9 Å². The fourth-order valence-corrected chi connectivity index (χ4v) is 1.21. The van der Waals surface area contributed by atoms with Gasteiger partial charge >= 0.3 is 12.1 Å². The Labute approximate surface area is 98.3 Å². The van der Waals surface area contributed by atoms with Gasteiger partial charge in [0.1, 0.15) is 5.75 Å². The molecule has 1 rings (SSSR count). The Morgan fingerprint density at radius 2 is 2.00 bits per heavy atom. The molecule has 0 fully saturated rings. The third-order valence-corrected chi connectivity index (χ3v) is 2.09. The lowest BCUT2D eigenvalue weighted by molar-refractivity contribution is -0.216. The number of rotatable bonds is 4. The summed E-state index contributed by atoms with van der Waals surface area (Å²) in [6.45, 7) is 4.70. The van der Waals surface area contributed by atoms with Crippen LogP contribution in [0.4, 0.5) is 8.78 Å². The van der Waals surface area contributed by atoms with Crippen molar-refractivity contribution in [3.05, 3.63) is 29.3 Å². The molecule has 0 aliphatic rings. The molecule has 0 N–H and O–H groups in total. The summed E-state index contributed by atoms with van der Waals surface area (Å²) >= 11 is 0. The van der Waals surface area contributed by atoms with Crippen LogP contribution in [0.5, 0.6) is 5.75 Å².